The van der Waals surface area contributed by atoms with Crippen LogP contribution in [0.3, 0.4) is 0 Å². The number of hydrogen-bond donors (Lipinski definition) is 2. The molecule has 1 aliphatic heterocycles. The van der Waals surface area contributed by atoms with Gasteiger partial charge in [0.05, 0.1) is 11.3 Å². The summed E-state index contributed by atoms with van der Waals surface area (Å²) in [5.41, 5.74) is 7.91. The van der Waals surface area contributed by atoms with Crippen molar-refractivity contribution in [1.29, 1.82) is 0 Å². The highest BCUT2D eigenvalue weighted by atomic mass is 16.4. The first kappa shape index (κ1) is 13.3. The van der Waals surface area contributed by atoms with Gasteiger partial charge in [0.2, 0.25) is 0 Å². The highest BCUT2D eigenvalue weighted by Gasteiger charge is 2.37. The third kappa shape index (κ3) is 2.35. The largest absolute Gasteiger partial charge is 0.478 e. The predicted octanol–water partition coefficient (Wildman–Crippen LogP) is 3.13. The summed E-state index contributed by atoms with van der Waals surface area (Å²) in [6, 6.07) is 5.21. The topological polar surface area (TPSA) is 66.6 Å². The summed E-state index contributed by atoms with van der Waals surface area (Å²) in [5, 5.41) is 9.34. The van der Waals surface area contributed by atoms with Crippen molar-refractivity contribution in [1.82, 2.24) is 0 Å². The van der Waals surface area contributed by atoms with Crippen LogP contribution in [0.5, 0.6) is 0 Å². The first-order valence-corrected chi connectivity index (χ1v) is 7.47. The van der Waals surface area contributed by atoms with Gasteiger partial charge in [-0.25, -0.2) is 4.79 Å². The van der Waals surface area contributed by atoms with Crippen molar-refractivity contribution in [2.24, 2.45) is 5.41 Å². The lowest BCUT2D eigenvalue weighted by molar-refractivity contribution is 0.0697. The van der Waals surface area contributed by atoms with Crippen LogP contribution in [0.2, 0.25) is 0 Å². The molecule has 1 heterocycles. The first-order valence-electron chi connectivity index (χ1n) is 7.47. The maximum absolute atomic E-state index is 11.4. The van der Waals surface area contributed by atoms with E-state index < -0.39 is 5.97 Å². The summed E-state index contributed by atoms with van der Waals surface area (Å²) < 4.78 is 0. The van der Waals surface area contributed by atoms with Crippen LogP contribution in [0.15, 0.2) is 18.2 Å². The number of aromatic carboxylic acids is 1. The Labute approximate surface area is 119 Å². The zero-order valence-corrected chi connectivity index (χ0v) is 11.8. The van der Waals surface area contributed by atoms with Crippen LogP contribution < -0.4 is 10.6 Å². The minimum absolute atomic E-state index is 0.326. The van der Waals surface area contributed by atoms with E-state index in [1.54, 1.807) is 12.1 Å². The number of hydrogen-bond acceptors (Lipinski definition) is 3. The quantitative estimate of drug-likeness (QED) is 0.813. The van der Waals surface area contributed by atoms with Gasteiger partial charge >= 0.3 is 5.97 Å². The zero-order valence-electron chi connectivity index (χ0n) is 11.8. The normalized spacial score (nSPS) is 21.3. The minimum atomic E-state index is -0.895. The van der Waals surface area contributed by atoms with Crippen molar-refractivity contribution in [3.8, 4) is 0 Å². The molecule has 4 heteroatoms. The van der Waals surface area contributed by atoms with E-state index in [9.17, 15) is 9.90 Å². The molecule has 3 N–H and O–H groups in total. The molecule has 0 atom stereocenters. The lowest BCUT2D eigenvalue weighted by Crippen LogP contribution is -2.39. The SMILES string of the molecule is Nc1ccc(N2CCC3(CCCC3)CC2)c(C(=O)O)c1. The highest BCUT2D eigenvalue weighted by Crippen LogP contribution is 2.46. The molecule has 0 unspecified atom stereocenters. The first-order chi connectivity index (χ1) is 9.60. The van der Waals surface area contributed by atoms with Crippen molar-refractivity contribution in [3.63, 3.8) is 0 Å². The van der Waals surface area contributed by atoms with Crippen molar-refractivity contribution >= 4 is 17.3 Å². The van der Waals surface area contributed by atoms with E-state index in [1.165, 1.54) is 38.5 Å². The zero-order chi connectivity index (χ0) is 14.2. The van der Waals surface area contributed by atoms with Gasteiger partial charge in [0.25, 0.3) is 0 Å². The van der Waals surface area contributed by atoms with E-state index in [0.717, 1.165) is 18.8 Å². The summed E-state index contributed by atoms with van der Waals surface area (Å²) in [6.45, 7) is 1.92. The number of carboxylic acid groups (broad SMARTS) is 1. The van der Waals surface area contributed by atoms with E-state index in [-0.39, 0.29) is 0 Å². The Kier molecular flexibility index (Phi) is 3.32. The number of rotatable bonds is 2. The van der Waals surface area contributed by atoms with Gasteiger partial charge in [-0.15, -0.1) is 0 Å². The molecule has 108 valence electrons. The molecule has 4 nitrogen and oxygen atoms in total. The number of carbonyl (C=O) groups is 1. The average molecular weight is 274 g/mol. The molecule has 1 aromatic rings. The summed E-state index contributed by atoms with van der Waals surface area (Å²) in [7, 11) is 0. The van der Waals surface area contributed by atoms with Gasteiger partial charge in [-0.05, 0) is 49.3 Å². The Morgan fingerprint density at radius 1 is 1.15 bits per heavy atom. The number of nitrogens with two attached hydrogens (primary N) is 1. The molecule has 2 fully saturated rings. The Hall–Kier alpha value is -1.71. The van der Waals surface area contributed by atoms with Crippen LogP contribution >= 0.6 is 0 Å². The van der Waals surface area contributed by atoms with E-state index in [2.05, 4.69) is 4.90 Å². The van der Waals surface area contributed by atoms with Gasteiger partial charge in [0.15, 0.2) is 0 Å². The van der Waals surface area contributed by atoms with Crippen LogP contribution in [0.4, 0.5) is 11.4 Å². The van der Waals surface area contributed by atoms with Gasteiger partial charge in [-0.3, -0.25) is 0 Å². The fraction of sp³-hybridized carbons (Fsp3) is 0.562. The average Bonchev–Trinajstić information content (AvgIpc) is 2.88. The van der Waals surface area contributed by atoms with Crippen molar-refractivity contribution < 1.29 is 9.90 Å². The standard InChI is InChI=1S/C16H22N2O2/c17-12-3-4-14(13(11-12)15(19)20)18-9-7-16(8-10-18)5-1-2-6-16/h3-4,11H,1-2,5-10,17H2,(H,19,20). The van der Waals surface area contributed by atoms with Crippen molar-refractivity contribution in [3.05, 3.63) is 23.8 Å². The van der Waals surface area contributed by atoms with Crippen LogP contribution in [-0.4, -0.2) is 24.2 Å². The van der Waals surface area contributed by atoms with E-state index in [1.807, 2.05) is 6.07 Å². The molecule has 0 amide bonds. The van der Waals surface area contributed by atoms with E-state index >= 15 is 0 Å². The number of nitrogen functional groups attached to an aromatic ring is 1. The molecule has 20 heavy (non-hydrogen) atoms. The number of nitrogens with zero attached hydrogens (tertiary/aromatic N) is 1. The van der Waals surface area contributed by atoms with Crippen LogP contribution in [0.25, 0.3) is 0 Å². The lowest BCUT2D eigenvalue weighted by atomic mass is 9.77. The fourth-order valence-corrected chi connectivity index (χ4v) is 3.85. The molecule has 3 rings (SSSR count). The van der Waals surface area contributed by atoms with Crippen LogP contribution in [-0.2, 0) is 0 Å². The Morgan fingerprint density at radius 3 is 2.40 bits per heavy atom. The highest BCUT2D eigenvalue weighted by molar-refractivity contribution is 5.95. The van der Waals surface area contributed by atoms with E-state index in [4.69, 9.17) is 5.73 Å². The molecular formula is C16H22N2O2. The smallest absolute Gasteiger partial charge is 0.337 e. The monoisotopic (exact) mass is 274 g/mol. The van der Waals surface area contributed by atoms with Gasteiger partial charge in [-0.1, -0.05) is 12.8 Å². The molecule has 2 aliphatic rings. The number of anilines is 2. The maximum Gasteiger partial charge on any atom is 0.337 e. The summed E-state index contributed by atoms with van der Waals surface area (Å²) >= 11 is 0. The maximum atomic E-state index is 11.4. The van der Waals surface area contributed by atoms with Gasteiger partial charge in [-0.2, -0.15) is 0 Å². The molecule has 0 aromatic heterocycles. The Morgan fingerprint density at radius 2 is 1.80 bits per heavy atom. The molecular weight excluding hydrogens is 252 g/mol. The van der Waals surface area contributed by atoms with Gasteiger partial charge in [0, 0.05) is 18.8 Å². The molecule has 1 saturated carbocycles. The van der Waals surface area contributed by atoms with E-state index in [0.29, 0.717) is 16.7 Å². The van der Waals surface area contributed by atoms with Crippen LogP contribution in [0, 0.1) is 5.41 Å². The number of carboxylic acids is 1. The minimum Gasteiger partial charge on any atom is -0.478 e. The summed E-state index contributed by atoms with van der Waals surface area (Å²) in [5.74, 6) is -0.895. The molecule has 0 radical (unpaired) electrons. The third-order valence-electron chi connectivity index (χ3n) is 5.08. The second kappa shape index (κ2) is 5.00. The summed E-state index contributed by atoms with van der Waals surface area (Å²) in [6.07, 6.45) is 7.82. The van der Waals surface area contributed by atoms with Gasteiger partial charge in [0.1, 0.15) is 0 Å². The second-order valence-electron chi connectivity index (χ2n) is 6.28. The molecule has 1 aliphatic carbocycles. The lowest BCUT2D eigenvalue weighted by Gasteiger charge is -2.41. The molecule has 0 bridgehead atoms. The van der Waals surface area contributed by atoms with Crippen LogP contribution in [0.1, 0.15) is 48.9 Å². The second-order valence-corrected chi connectivity index (χ2v) is 6.28. The fourth-order valence-electron chi connectivity index (χ4n) is 3.85. The molecule has 1 spiro atoms. The van der Waals surface area contributed by atoms with Crippen molar-refractivity contribution in [2.45, 2.75) is 38.5 Å². The predicted molar refractivity (Wildman–Crippen MR) is 80.2 cm³/mol. The third-order valence-corrected chi connectivity index (χ3v) is 5.08. The number of piperidine rings is 1. The van der Waals surface area contributed by atoms with Gasteiger partial charge < -0.3 is 15.7 Å². The molecule has 1 saturated heterocycles. The molecule has 1 aromatic carbocycles. The summed E-state index contributed by atoms with van der Waals surface area (Å²) in [4.78, 5) is 13.6. The van der Waals surface area contributed by atoms with Crippen molar-refractivity contribution in [2.75, 3.05) is 23.7 Å². The number of benzene rings is 1. The Balaban J connectivity index is 1.79. The Bertz CT molecular complexity index is 511.